The van der Waals surface area contributed by atoms with Gasteiger partial charge in [-0.05, 0) is 6.42 Å². The van der Waals surface area contributed by atoms with Crippen LogP contribution in [0.25, 0.3) is 0 Å². The molecule has 0 aromatic rings. The molecule has 0 aliphatic carbocycles. The van der Waals surface area contributed by atoms with Crippen molar-refractivity contribution >= 4 is 29.9 Å². The Kier molecular flexibility index (Phi) is 10.7. The first-order valence-electron chi connectivity index (χ1n) is 9.90. The summed E-state index contributed by atoms with van der Waals surface area (Å²) >= 11 is 0. The van der Waals surface area contributed by atoms with Crippen molar-refractivity contribution in [3.8, 4) is 0 Å². The summed E-state index contributed by atoms with van der Waals surface area (Å²) in [6.45, 7) is 6.52. The highest BCUT2D eigenvalue weighted by atomic mass is 16.7. The molecule has 2 N–H and O–H groups in total. The maximum Gasteiger partial charge on any atom is 0.316 e. The maximum atomic E-state index is 12.3. The summed E-state index contributed by atoms with van der Waals surface area (Å²) in [5, 5.41) is 5.13. The Balaban J connectivity index is 3.23. The Bertz CT molecular complexity index is 668. The number of carbonyl (C=O) groups is 5. The lowest BCUT2D eigenvalue weighted by molar-refractivity contribution is -0.255. The van der Waals surface area contributed by atoms with Crippen LogP contribution in [0.1, 0.15) is 47.5 Å². The summed E-state index contributed by atoms with van der Waals surface area (Å²) in [6, 6.07) is -0.616. The Morgan fingerprint density at radius 1 is 0.806 bits per heavy atom. The molecule has 12 nitrogen and oxygen atoms in total. The highest BCUT2D eigenvalue weighted by molar-refractivity contribution is 5.74. The number of unbranched alkanes of at least 4 members (excludes halogenated alkanes) is 1. The molecule has 0 spiro atoms. The van der Waals surface area contributed by atoms with Gasteiger partial charge in [-0.1, -0.05) is 13.3 Å². The lowest BCUT2D eigenvalue weighted by atomic mass is 9.97. The molecule has 0 bridgehead atoms. The molecule has 1 heterocycles. The van der Waals surface area contributed by atoms with E-state index in [1.807, 2.05) is 6.92 Å². The van der Waals surface area contributed by atoms with Crippen LogP contribution in [0.5, 0.6) is 0 Å². The van der Waals surface area contributed by atoms with Crippen molar-refractivity contribution in [2.24, 2.45) is 0 Å². The topological polar surface area (TPSA) is 156 Å². The third-order valence-corrected chi connectivity index (χ3v) is 4.08. The Hall–Kier alpha value is -2.89. The van der Waals surface area contributed by atoms with Crippen molar-refractivity contribution in [3.63, 3.8) is 0 Å². The Morgan fingerprint density at radius 3 is 1.87 bits per heavy atom. The zero-order valence-corrected chi connectivity index (χ0v) is 18.3. The second-order valence-electron chi connectivity index (χ2n) is 6.87. The number of carbonyl (C=O) groups excluding carboxylic acids is 5. The standard InChI is InChI=1S/C19H30N2O10/c1-6-7-8-20-19(26)21-18-17(30-13(5)25)16(29-12(4)24)15(28-11(3)23)14(31-18)9-27-10(2)22/h14-18H,6-9H2,1-5H3,(H2,20,21,26)/t14-,15-,16+,17+,18-/m1/s1. The van der Waals surface area contributed by atoms with E-state index in [4.69, 9.17) is 23.7 Å². The molecule has 0 aromatic heterocycles. The third kappa shape index (κ3) is 9.20. The minimum atomic E-state index is -1.34. The van der Waals surface area contributed by atoms with Crippen LogP contribution in [-0.4, -0.2) is 73.7 Å². The molecular formula is C19H30N2O10. The van der Waals surface area contributed by atoms with Gasteiger partial charge < -0.3 is 34.3 Å². The first-order valence-corrected chi connectivity index (χ1v) is 9.90. The van der Waals surface area contributed by atoms with Gasteiger partial charge >= 0.3 is 29.9 Å². The van der Waals surface area contributed by atoms with E-state index in [1.165, 1.54) is 6.92 Å². The van der Waals surface area contributed by atoms with Crippen LogP contribution >= 0.6 is 0 Å². The molecule has 0 radical (unpaired) electrons. The smallest absolute Gasteiger partial charge is 0.316 e. The van der Waals surface area contributed by atoms with Crippen LogP contribution in [0.2, 0.25) is 0 Å². The fourth-order valence-electron chi connectivity index (χ4n) is 2.90. The summed E-state index contributed by atoms with van der Waals surface area (Å²) < 4.78 is 26.5. The SMILES string of the molecule is CCCCNC(=O)N[C@@H]1O[C@H](COC(C)=O)[C@@H](OC(C)=O)[C@H](OC(C)=O)[C@@H]1OC(C)=O. The van der Waals surface area contributed by atoms with E-state index in [2.05, 4.69) is 10.6 Å². The molecule has 2 amide bonds. The monoisotopic (exact) mass is 446 g/mol. The lowest BCUT2D eigenvalue weighted by Gasteiger charge is -2.44. The van der Waals surface area contributed by atoms with E-state index in [-0.39, 0.29) is 6.61 Å². The first-order chi connectivity index (χ1) is 14.5. The van der Waals surface area contributed by atoms with Gasteiger partial charge in [0.2, 0.25) is 0 Å². The maximum absolute atomic E-state index is 12.3. The van der Waals surface area contributed by atoms with E-state index in [0.29, 0.717) is 6.54 Å². The molecule has 0 unspecified atom stereocenters. The van der Waals surface area contributed by atoms with Gasteiger partial charge in [0.05, 0.1) is 0 Å². The number of urea groups is 1. The number of amides is 2. The van der Waals surface area contributed by atoms with Crippen LogP contribution in [0.4, 0.5) is 4.79 Å². The van der Waals surface area contributed by atoms with Crippen LogP contribution in [0.3, 0.4) is 0 Å². The summed E-state index contributed by atoms with van der Waals surface area (Å²) in [4.78, 5) is 58.6. The van der Waals surface area contributed by atoms with Crippen molar-refractivity contribution in [1.82, 2.24) is 10.6 Å². The highest BCUT2D eigenvalue weighted by Crippen LogP contribution is 2.28. The predicted molar refractivity (Wildman–Crippen MR) is 103 cm³/mol. The molecule has 1 aliphatic heterocycles. The Morgan fingerprint density at radius 2 is 1.35 bits per heavy atom. The zero-order chi connectivity index (χ0) is 23.6. The minimum absolute atomic E-state index is 0.368. The second-order valence-corrected chi connectivity index (χ2v) is 6.87. The van der Waals surface area contributed by atoms with Crippen LogP contribution in [0.15, 0.2) is 0 Å². The molecule has 0 saturated carbocycles. The quantitative estimate of drug-likeness (QED) is 0.284. The van der Waals surface area contributed by atoms with Crippen LogP contribution in [-0.2, 0) is 42.9 Å². The summed E-state index contributed by atoms with van der Waals surface area (Å²) in [6.07, 6.45) is -4.75. The molecule has 1 rings (SSSR count). The number of ether oxygens (including phenoxy) is 5. The molecule has 31 heavy (non-hydrogen) atoms. The molecule has 176 valence electrons. The van der Waals surface area contributed by atoms with E-state index in [0.717, 1.165) is 33.6 Å². The fraction of sp³-hybridized carbons (Fsp3) is 0.737. The van der Waals surface area contributed by atoms with Gasteiger partial charge in [-0.25, -0.2) is 4.79 Å². The van der Waals surface area contributed by atoms with Gasteiger partial charge in [-0.3, -0.25) is 19.2 Å². The summed E-state index contributed by atoms with van der Waals surface area (Å²) in [5.41, 5.74) is 0. The predicted octanol–water partition coefficient (Wildman–Crippen LogP) is 0.169. The van der Waals surface area contributed by atoms with Crippen molar-refractivity contribution in [2.45, 2.75) is 78.1 Å². The molecule has 0 aromatic carbocycles. The zero-order valence-electron chi connectivity index (χ0n) is 18.3. The third-order valence-electron chi connectivity index (χ3n) is 4.08. The van der Waals surface area contributed by atoms with Crippen molar-refractivity contribution in [3.05, 3.63) is 0 Å². The Labute approximate surface area is 180 Å². The first kappa shape index (κ1) is 26.1. The largest absolute Gasteiger partial charge is 0.463 e. The molecule has 1 fully saturated rings. The van der Waals surface area contributed by atoms with Gasteiger partial charge in [0, 0.05) is 34.2 Å². The van der Waals surface area contributed by atoms with Crippen molar-refractivity contribution in [2.75, 3.05) is 13.2 Å². The second kappa shape index (κ2) is 12.7. The molecule has 1 aliphatic rings. The summed E-state index contributed by atoms with van der Waals surface area (Å²) in [7, 11) is 0. The van der Waals surface area contributed by atoms with Gasteiger partial charge in [-0.15, -0.1) is 0 Å². The van der Waals surface area contributed by atoms with Gasteiger partial charge in [0.15, 0.2) is 24.5 Å². The molecule has 5 atom stereocenters. The van der Waals surface area contributed by atoms with Gasteiger partial charge in [-0.2, -0.15) is 0 Å². The molecule has 1 saturated heterocycles. The number of nitrogens with one attached hydrogen (secondary N) is 2. The van der Waals surface area contributed by atoms with E-state index >= 15 is 0 Å². The summed E-state index contributed by atoms with van der Waals surface area (Å²) in [5.74, 6) is -2.86. The normalized spacial score (nSPS) is 25.0. The van der Waals surface area contributed by atoms with E-state index in [9.17, 15) is 24.0 Å². The van der Waals surface area contributed by atoms with Crippen LogP contribution < -0.4 is 10.6 Å². The lowest BCUT2D eigenvalue weighted by Crippen LogP contribution is -2.66. The number of hydrogen-bond acceptors (Lipinski definition) is 10. The fourth-order valence-corrected chi connectivity index (χ4v) is 2.90. The van der Waals surface area contributed by atoms with E-state index < -0.39 is 60.6 Å². The highest BCUT2D eigenvalue weighted by Gasteiger charge is 2.52. The van der Waals surface area contributed by atoms with Gasteiger partial charge in [0.25, 0.3) is 0 Å². The minimum Gasteiger partial charge on any atom is -0.463 e. The van der Waals surface area contributed by atoms with Crippen LogP contribution in [0, 0.1) is 0 Å². The van der Waals surface area contributed by atoms with Crippen molar-refractivity contribution in [1.29, 1.82) is 0 Å². The van der Waals surface area contributed by atoms with Gasteiger partial charge in [0.1, 0.15) is 12.7 Å². The average Bonchev–Trinajstić information content (AvgIpc) is 2.64. The number of esters is 4. The molecule has 12 heteroatoms. The van der Waals surface area contributed by atoms with E-state index in [1.54, 1.807) is 0 Å². The van der Waals surface area contributed by atoms with Crippen molar-refractivity contribution < 1.29 is 47.7 Å². The molecular weight excluding hydrogens is 416 g/mol. The number of rotatable bonds is 9. The average molecular weight is 446 g/mol. The number of hydrogen-bond donors (Lipinski definition) is 2.